The summed E-state index contributed by atoms with van der Waals surface area (Å²) in [6.07, 6.45) is 4.76. The molecule has 7 heteroatoms. The maximum absolute atomic E-state index is 12.5. The molecule has 3 aromatic rings. The fraction of sp³-hybridized carbons (Fsp3) is 0.0556. The first-order valence-electron chi connectivity index (χ1n) is 7.50. The van der Waals surface area contributed by atoms with Gasteiger partial charge in [0.05, 0.1) is 11.9 Å². The summed E-state index contributed by atoms with van der Waals surface area (Å²) >= 11 is 0. The maximum Gasteiger partial charge on any atom is 0.278 e. The summed E-state index contributed by atoms with van der Waals surface area (Å²) in [5.41, 5.74) is 8.14. The van der Waals surface area contributed by atoms with Gasteiger partial charge in [-0.1, -0.05) is 0 Å². The number of amides is 1. The van der Waals surface area contributed by atoms with Crippen LogP contribution < -0.4 is 11.1 Å². The zero-order valence-electron chi connectivity index (χ0n) is 13.4. The molecule has 0 aliphatic carbocycles. The van der Waals surface area contributed by atoms with Gasteiger partial charge in [-0.15, -0.1) is 0 Å². The number of nitrogens with one attached hydrogen (secondary N) is 1. The van der Waals surface area contributed by atoms with Crippen LogP contribution in [0.2, 0.25) is 0 Å². The number of nitrogens with two attached hydrogens (primary N) is 1. The summed E-state index contributed by atoms with van der Waals surface area (Å²) in [4.78, 5) is 36.1. The van der Waals surface area contributed by atoms with Gasteiger partial charge in [-0.3, -0.25) is 14.6 Å². The first-order chi connectivity index (χ1) is 12.0. The first kappa shape index (κ1) is 16.3. The van der Waals surface area contributed by atoms with Crippen LogP contribution >= 0.6 is 0 Å². The van der Waals surface area contributed by atoms with Crippen LogP contribution in [0.15, 0.2) is 55.0 Å². The number of hydrogen-bond donors (Lipinski definition) is 2. The molecule has 2 heterocycles. The van der Waals surface area contributed by atoms with Crippen molar-refractivity contribution < 1.29 is 9.59 Å². The van der Waals surface area contributed by atoms with Crippen LogP contribution in [0.5, 0.6) is 0 Å². The van der Waals surface area contributed by atoms with Crippen LogP contribution in [-0.4, -0.2) is 26.6 Å². The molecule has 0 bridgehead atoms. The highest BCUT2D eigenvalue weighted by Crippen LogP contribution is 2.18. The fourth-order valence-electron chi connectivity index (χ4n) is 2.20. The van der Waals surface area contributed by atoms with Crippen LogP contribution in [0, 0.1) is 0 Å². The van der Waals surface area contributed by atoms with Crippen molar-refractivity contribution >= 4 is 23.2 Å². The van der Waals surface area contributed by atoms with Crippen molar-refractivity contribution in [2.24, 2.45) is 0 Å². The Labute approximate surface area is 144 Å². The standard InChI is InChI=1S/C18H15N5O2/c1-11(24)12-4-6-14(7-5-12)22-18(25)16-17(19)21-10-15(23-16)13-3-2-8-20-9-13/h2-10H,1H3,(H2,19,21)(H,22,25). The molecule has 0 aliphatic heterocycles. The second-order valence-electron chi connectivity index (χ2n) is 5.32. The third-order valence-corrected chi connectivity index (χ3v) is 3.52. The minimum Gasteiger partial charge on any atom is -0.382 e. The molecule has 0 unspecified atom stereocenters. The predicted molar refractivity (Wildman–Crippen MR) is 94.1 cm³/mol. The van der Waals surface area contributed by atoms with Crippen LogP contribution in [0.25, 0.3) is 11.3 Å². The van der Waals surface area contributed by atoms with Gasteiger partial charge in [0, 0.05) is 29.2 Å². The van der Waals surface area contributed by atoms with Crippen molar-refractivity contribution in [1.82, 2.24) is 15.0 Å². The molecule has 0 radical (unpaired) electrons. The normalized spacial score (nSPS) is 10.3. The molecule has 7 nitrogen and oxygen atoms in total. The summed E-state index contributed by atoms with van der Waals surface area (Å²) in [6.45, 7) is 1.48. The molecular weight excluding hydrogens is 318 g/mol. The Morgan fingerprint density at radius 1 is 1.08 bits per heavy atom. The van der Waals surface area contributed by atoms with E-state index in [1.165, 1.54) is 13.1 Å². The zero-order valence-corrected chi connectivity index (χ0v) is 13.4. The van der Waals surface area contributed by atoms with Gasteiger partial charge in [0.1, 0.15) is 0 Å². The van der Waals surface area contributed by atoms with E-state index in [0.717, 1.165) is 5.56 Å². The number of nitrogens with zero attached hydrogens (tertiary/aromatic N) is 3. The lowest BCUT2D eigenvalue weighted by molar-refractivity contribution is 0.101. The molecule has 124 valence electrons. The van der Waals surface area contributed by atoms with E-state index in [2.05, 4.69) is 20.3 Å². The number of benzene rings is 1. The van der Waals surface area contributed by atoms with Gasteiger partial charge in [-0.2, -0.15) is 0 Å². The van der Waals surface area contributed by atoms with Crippen molar-refractivity contribution in [3.8, 4) is 11.3 Å². The Kier molecular flexibility index (Phi) is 4.47. The number of anilines is 2. The SMILES string of the molecule is CC(=O)c1ccc(NC(=O)c2nc(-c3cccnc3)cnc2N)cc1. The molecule has 0 saturated heterocycles. The van der Waals surface area contributed by atoms with Crippen molar-refractivity contribution in [1.29, 1.82) is 0 Å². The summed E-state index contributed by atoms with van der Waals surface area (Å²) in [5, 5.41) is 2.70. The average Bonchev–Trinajstić information content (AvgIpc) is 2.63. The van der Waals surface area contributed by atoms with E-state index < -0.39 is 5.91 Å². The number of aromatic nitrogens is 3. The number of carbonyl (C=O) groups is 2. The van der Waals surface area contributed by atoms with Crippen molar-refractivity contribution in [2.75, 3.05) is 11.1 Å². The number of nitrogen functional groups attached to an aromatic ring is 1. The van der Waals surface area contributed by atoms with Gasteiger partial charge in [0.15, 0.2) is 17.3 Å². The third kappa shape index (κ3) is 3.66. The van der Waals surface area contributed by atoms with Gasteiger partial charge < -0.3 is 11.1 Å². The first-order valence-corrected chi connectivity index (χ1v) is 7.50. The van der Waals surface area contributed by atoms with Gasteiger partial charge >= 0.3 is 0 Å². The lowest BCUT2D eigenvalue weighted by Gasteiger charge is -2.08. The Hall–Kier alpha value is -3.61. The second-order valence-corrected chi connectivity index (χ2v) is 5.32. The molecule has 0 fully saturated rings. The highest BCUT2D eigenvalue weighted by atomic mass is 16.2. The molecule has 25 heavy (non-hydrogen) atoms. The van der Waals surface area contributed by atoms with E-state index in [1.807, 2.05) is 6.07 Å². The monoisotopic (exact) mass is 333 g/mol. The van der Waals surface area contributed by atoms with Crippen molar-refractivity contribution in [3.05, 3.63) is 66.2 Å². The van der Waals surface area contributed by atoms with Crippen molar-refractivity contribution in [2.45, 2.75) is 6.92 Å². The lowest BCUT2D eigenvalue weighted by Crippen LogP contribution is -2.17. The van der Waals surface area contributed by atoms with Gasteiger partial charge in [-0.05, 0) is 43.3 Å². The molecule has 3 rings (SSSR count). The Balaban J connectivity index is 1.85. The summed E-state index contributed by atoms with van der Waals surface area (Å²) < 4.78 is 0. The van der Waals surface area contributed by atoms with Crippen LogP contribution in [-0.2, 0) is 0 Å². The second kappa shape index (κ2) is 6.88. The Bertz CT molecular complexity index is 924. The van der Waals surface area contributed by atoms with Gasteiger partial charge in [0.2, 0.25) is 0 Å². The summed E-state index contributed by atoms with van der Waals surface area (Å²) in [6, 6.07) is 10.1. The summed E-state index contributed by atoms with van der Waals surface area (Å²) in [7, 11) is 0. The smallest absolute Gasteiger partial charge is 0.278 e. The molecule has 2 aromatic heterocycles. The summed E-state index contributed by atoms with van der Waals surface area (Å²) in [5.74, 6) is -0.492. The predicted octanol–water partition coefficient (Wildman–Crippen LogP) is 2.58. The minimum atomic E-state index is -0.480. The van der Waals surface area contributed by atoms with E-state index in [0.29, 0.717) is 16.9 Å². The maximum atomic E-state index is 12.5. The molecule has 0 spiro atoms. The van der Waals surface area contributed by atoms with E-state index in [1.54, 1.807) is 42.7 Å². The molecule has 0 atom stereocenters. The number of Topliss-reactive ketones (excluding diaryl/α,β-unsaturated/α-hetero) is 1. The van der Waals surface area contributed by atoms with Gasteiger partial charge in [-0.25, -0.2) is 9.97 Å². The van der Waals surface area contributed by atoms with E-state index in [9.17, 15) is 9.59 Å². The fourth-order valence-corrected chi connectivity index (χ4v) is 2.20. The highest BCUT2D eigenvalue weighted by Gasteiger charge is 2.15. The molecule has 0 aliphatic rings. The molecule has 1 aromatic carbocycles. The molecule has 1 amide bonds. The Morgan fingerprint density at radius 3 is 2.48 bits per heavy atom. The number of carbonyl (C=O) groups excluding carboxylic acids is 2. The number of pyridine rings is 1. The Morgan fingerprint density at radius 2 is 1.84 bits per heavy atom. The quantitative estimate of drug-likeness (QED) is 0.710. The number of ketones is 1. The van der Waals surface area contributed by atoms with Crippen LogP contribution in [0.1, 0.15) is 27.8 Å². The van der Waals surface area contributed by atoms with E-state index in [4.69, 9.17) is 5.73 Å². The topological polar surface area (TPSA) is 111 Å². The number of hydrogen-bond acceptors (Lipinski definition) is 6. The van der Waals surface area contributed by atoms with Crippen molar-refractivity contribution in [3.63, 3.8) is 0 Å². The van der Waals surface area contributed by atoms with E-state index in [-0.39, 0.29) is 17.3 Å². The zero-order chi connectivity index (χ0) is 17.8. The van der Waals surface area contributed by atoms with Crippen LogP contribution in [0.3, 0.4) is 0 Å². The third-order valence-electron chi connectivity index (χ3n) is 3.52. The number of rotatable bonds is 4. The van der Waals surface area contributed by atoms with Gasteiger partial charge in [0.25, 0.3) is 5.91 Å². The largest absolute Gasteiger partial charge is 0.382 e. The lowest BCUT2D eigenvalue weighted by atomic mass is 10.1. The molecule has 3 N–H and O–H groups in total. The van der Waals surface area contributed by atoms with E-state index >= 15 is 0 Å². The minimum absolute atomic E-state index is 0.0250. The highest BCUT2D eigenvalue weighted by molar-refractivity contribution is 6.06. The molecule has 0 saturated carbocycles. The van der Waals surface area contributed by atoms with Crippen LogP contribution in [0.4, 0.5) is 11.5 Å². The molecular formula is C18H15N5O2. The average molecular weight is 333 g/mol.